The van der Waals surface area contributed by atoms with Gasteiger partial charge in [-0.2, -0.15) is 0 Å². The molecule has 0 aliphatic rings. The van der Waals surface area contributed by atoms with E-state index in [-0.39, 0.29) is 30.1 Å². The molecule has 0 unspecified atom stereocenters. The van der Waals surface area contributed by atoms with E-state index in [0.717, 1.165) is 0 Å². The van der Waals surface area contributed by atoms with Crippen molar-refractivity contribution in [2.45, 2.75) is 13.5 Å². The zero-order valence-electron chi connectivity index (χ0n) is 14.9. The number of phenolic OH excluding ortho intramolecular Hbond substituents is 1. The van der Waals surface area contributed by atoms with Gasteiger partial charge in [-0.3, -0.25) is 5.32 Å². The fourth-order valence-electron chi connectivity index (χ4n) is 2.54. The van der Waals surface area contributed by atoms with Gasteiger partial charge in [0.05, 0.1) is 12.2 Å². The van der Waals surface area contributed by atoms with Crippen molar-refractivity contribution in [2.24, 2.45) is 0 Å². The molecule has 8 heteroatoms. The van der Waals surface area contributed by atoms with Crippen LogP contribution in [0.3, 0.4) is 0 Å². The monoisotopic (exact) mass is 383 g/mol. The number of rotatable bonds is 5. The molecule has 0 atom stereocenters. The minimum absolute atomic E-state index is 0.0374. The average Bonchev–Trinajstić information content (AvgIpc) is 2.66. The Morgan fingerprint density at radius 1 is 1.07 bits per heavy atom. The van der Waals surface area contributed by atoms with E-state index >= 15 is 0 Å². The molecule has 2 N–H and O–H groups in total. The lowest BCUT2D eigenvalue weighted by molar-refractivity contribution is 0.0473. The largest absolute Gasteiger partial charge is 0.508 e. The lowest BCUT2D eigenvalue weighted by atomic mass is 10.1. The van der Waals surface area contributed by atoms with Crippen LogP contribution in [-0.2, 0) is 16.1 Å². The predicted octanol–water partition coefficient (Wildman–Crippen LogP) is 3.42. The molecular weight excluding hydrogens is 366 g/mol. The Hall–Kier alpha value is -3.81. The Morgan fingerprint density at radius 3 is 2.54 bits per heavy atom. The van der Waals surface area contributed by atoms with E-state index in [1.807, 2.05) is 0 Å². The fraction of sp³-hybridized carbons (Fsp3) is 0.150. The molecule has 1 aromatic heterocycles. The topological polar surface area (TPSA) is 115 Å². The number of anilines is 1. The van der Waals surface area contributed by atoms with Gasteiger partial charge < -0.3 is 19.0 Å². The van der Waals surface area contributed by atoms with Crippen LogP contribution in [0.4, 0.5) is 10.5 Å². The SMILES string of the molecule is CCOC(=O)Nc1ccc2c(COC(=O)c3ccc(O)cc3)cc(=O)oc2c1. The third kappa shape index (κ3) is 4.47. The summed E-state index contributed by atoms with van der Waals surface area (Å²) in [7, 11) is 0. The van der Waals surface area contributed by atoms with Gasteiger partial charge in [-0.1, -0.05) is 0 Å². The van der Waals surface area contributed by atoms with Crippen LogP contribution >= 0.6 is 0 Å². The smallest absolute Gasteiger partial charge is 0.411 e. The van der Waals surface area contributed by atoms with E-state index < -0.39 is 17.7 Å². The quantitative estimate of drug-likeness (QED) is 0.512. The van der Waals surface area contributed by atoms with Gasteiger partial charge in [-0.15, -0.1) is 0 Å². The highest BCUT2D eigenvalue weighted by molar-refractivity contribution is 5.91. The Morgan fingerprint density at radius 2 is 1.82 bits per heavy atom. The Labute approximate surface area is 159 Å². The first-order chi connectivity index (χ1) is 13.5. The zero-order chi connectivity index (χ0) is 20.1. The molecule has 0 bridgehead atoms. The van der Waals surface area contributed by atoms with Crippen LogP contribution in [0, 0.1) is 0 Å². The standard InChI is InChI=1S/C20H17NO7/c1-2-26-20(25)21-14-5-8-16-13(9-18(23)28-17(16)10-14)11-27-19(24)12-3-6-15(22)7-4-12/h3-10,22H,2,11H2,1H3,(H,21,25). The molecule has 1 heterocycles. The lowest BCUT2D eigenvalue weighted by Crippen LogP contribution is -2.13. The number of hydrogen-bond acceptors (Lipinski definition) is 7. The van der Waals surface area contributed by atoms with Gasteiger partial charge in [-0.25, -0.2) is 14.4 Å². The van der Waals surface area contributed by atoms with Crippen molar-refractivity contribution < 1.29 is 28.6 Å². The van der Waals surface area contributed by atoms with E-state index in [0.29, 0.717) is 16.6 Å². The third-order valence-corrected chi connectivity index (χ3v) is 3.81. The van der Waals surface area contributed by atoms with E-state index in [1.165, 1.54) is 36.4 Å². The van der Waals surface area contributed by atoms with Crippen molar-refractivity contribution in [3.8, 4) is 5.75 Å². The van der Waals surface area contributed by atoms with E-state index in [9.17, 15) is 19.5 Å². The average molecular weight is 383 g/mol. The van der Waals surface area contributed by atoms with Crippen molar-refractivity contribution in [3.05, 3.63) is 70.1 Å². The number of carbonyl (C=O) groups excluding carboxylic acids is 2. The van der Waals surface area contributed by atoms with Crippen LogP contribution in [0.5, 0.6) is 5.75 Å². The van der Waals surface area contributed by atoms with Gasteiger partial charge in [0.25, 0.3) is 0 Å². The minimum Gasteiger partial charge on any atom is -0.508 e. The maximum atomic E-state index is 12.1. The summed E-state index contributed by atoms with van der Waals surface area (Å²) in [6.45, 7) is 1.77. The molecule has 1 amide bonds. The Kier molecular flexibility index (Phi) is 5.59. The summed E-state index contributed by atoms with van der Waals surface area (Å²) in [6, 6.07) is 11.6. The Bertz CT molecular complexity index is 1070. The van der Waals surface area contributed by atoms with Crippen LogP contribution in [0.25, 0.3) is 11.0 Å². The molecule has 0 aliphatic carbocycles. The van der Waals surface area contributed by atoms with Crippen molar-refractivity contribution >= 4 is 28.7 Å². The number of fused-ring (bicyclic) bond motifs is 1. The summed E-state index contributed by atoms with van der Waals surface area (Å²) in [4.78, 5) is 35.5. The Balaban J connectivity index is 1.80. The highest BCUT2D eigenvalue weighted by Gasteiger charge is 2.12. The molecular formula is C20H17NO7. The normalized spacial score (nSPS) is 10.5. The maximum absolute atomic E-state index is 12.1. The van der Waals surface area contributed by atoms with Crippen LogP contribution in [0.1, 0.15) is 22.8 Å². The predicted molar refractivity (Wildman–Crippen MR) is 100 cm³/mol. The zero-order valence-corrected chi connectivity index (χ0v) is 14.9. The number of nitrogens with one attached hydrogen (secondary N) is 1. The molecule has 8 nitrogen and oxygen atoms in total. The first-order valence-electron chi connectivity index (χ1n) is 8.43. The number of ether oxygens (including phenoxy) is 2. The molecule has 0 saturated heterocycles. The van der Waals surface area contributed by atoms with Gasteiger partial charge in [0, 0.05) is 28.8 Å². The molecule has 0 spiro atoms. The number of esters is 1. The first-order valence-corrected chi connectivity index (χ1v) is 8.43. The van der Waals surface area contributed by atoms with Crippen molar-refractivity contribution in [3.63, 3.8) is 0 Å². The summed E-state index contributed by atoms with van der Waals surface area (Å²) in [6.07, 6.45) is -0.622. The summed E-state index contributed by atoms with van der Waals surface area (Å²) in [5, 5.41) is 12.4. The van der Waals surface area contributed by atoms with Crippen molar-refractivity contribution in [2.75, 3.05) is 11.9 Å². The van der Waals surface area contributed by atoms with Crippen molar-refractivity contribution in [1.29, 1.82) is 0 Å². The minimum atomic E-state index is -0.622. The van der Waals surface area contributed by atoms with E-state index in [4.69, 9.17) is 13.9 Å². The second-order valence-corrected chi connectivity index (χ2v) is 5.77. The number of benzene rings is 2. The number of hydrogen-bond donors (Lipinski definition) is 2. The molecule has 0 aliphatic heterocycles. The molecule has 144 valence electrons. The number of carbonyl (C=O) groups is 2. The summed E-state index contributed by atoms with van der Waals surface area (Å²) in [5.41, 5.74) is 0.744. The highest BCUT2D eigenvalue weighted by Crippen LogP contribution is 2.22. The molecule has 0 radical (unpaired) electrons. The van der Waals surface area contributed by atoms with Crippen LogP contribution < -0.4 is 10.9 Å². The first kappa shape index (κ1) is 19.0. The molecule has 3 aromatic rings. The number of amides is 1. The summed E-state index contributed by atoms with van der Waals surface area (Å²) < 4.78 is 15.2. The van der Waals surface area contributed by atoms with Crippen LogP contribution in [-0.4, -0.2) is 23.8 Å². The fourth-order valence-corrected chi connectivity index (χ4v) is 2.54. The van der Waals surface area contributed by atoms with E-state index in [1.54, 1.807) is 19.1 Å². The molecule has 2 aromatic carbocycles. The van der Waals surface area contributed by atoms with Crippen molar-refractivity contribution in [1.82, 2.24) is 0 Å². The van der Waals surface area contributed by atoms with Crippen LogP contribution in [0.15, 0.2) is 57.7 Å². The third-order valence-electron chi connectivity index (χ3n) is 3.81. The number of phenols is 1. The lowest BCUT2D eigenvalue weighted by Gasteiger charge is -2.09. The highest BCUT2D eigenvalue weighted by atomic mass is 16.5. The summed E-state index contributed by atoms with van der Waals surface area (Å²) in [5.74, 6) is -0.558. The van der Waals surface area contributed by atoms with Gasteiger partial charge >= 0.3 is 17.7 Å². The maximum Gasteiger partial charge on any atom is 0.411 e. The molecule has 3 rings (SSSR count). The van der Waals surface area contributed by atoms with Gasteiger partial charge in [-0.05, 0) is 43.3 Å². The summed E-state index contributed by atoms with van der Waals surface area (Å²) >= 11 is 0. The second kappa shape index (κ2) is 8.26. The van der Waals surface area contributed by atoms with Crippen LogP contribution in [0.2, 0.25) is 0 Å². The second-order valence-electron chi connectivity index (χ2n) is 5.77. The van der Waals surface area contributed by atoms with Gasteiger partial charge in [0.1, 0.15) is 17.9 Å². The van der Waals surface area contributed by atoms with Gasteiger partial charge in [0.15, 0.2) is 0 Å². The molecule has 28 heavy (non-hydrogen) atoms. The molecule has 0 saturated carbocycles. The van der Waals surface area contributed by atoms with Gasteiger partial charge in [0.2, 0.25) is 0 Å². The number of aromatic hydroxyl groups is 1. The molecule has 0 fully saturated rings. The van der Waals surface area contributed by atoms with E-state index in [2.05, 4.69) is 5.32 Å².